The van der Waals surface area contributed by atoms with Crippen molar-refractivity contribution in [2.24, 2.45) is 5.92 Å². The van der Waals surface area contributed by atoms with E-state index in [1.165, 1.54) is 70.6 Å². The molecule has 0 heterocycles. The van der Waals surface area contributed by atoms with Crippen LogP contribution in [-0.4, -0.2) is 24.3 Å². The van der Waals surface area contributed by atoms with Gasteiger partial charge in [0.05, 0.1) is 6.61 Å². The fraction of sp³-hybridized carbons (Fsp3) is 0.864. The number of hydrogen-bond donors (Lipinski definition) is 1. The molecule has 1 unspecified atom stereocenters. The van der Waals surface area contributed by atoms with Gasteiger partial charge in [-0.2, -0.15) is 0 Å². The minimum Gasteiger partial charge on any atom is -0.465 e. The van der Waals surface area contributed by atoms with Gasteiger partial charge >= 0.3 is 5.97 Å². The van der Waals surface area contributed by atoms with E-state index >= 15 is 0 Å². The highest BCUT2D eigenvalue weighted by atomic mass is 16.5. The minimum atomic E-state index is -0.127. The predicted molar refractivity (Wildman–Crippen MR) is 107 cm³/mol. The number of unbranched alkanes of at least 4 members (excludes halogenated alkanes) is 11. The molecule has 0 aromatic carbocycles. The Bertz CT molecular complexity index is 312. The number of carbonyl (C=O) groups excluding carboxylic acids is 1. The zero-order valence-electron chi connectivity index (χ0n) is 16.8. The normalized spacial score (nSPS) is 12.6. The van der Waals surface area contributed by atoms with Crippen molar-refractivity contribution in [3.05, 3.63) is 12.2 Å². The summed E-state index contributed by atoms with van der Waals surface area (Å²) in [7, 11) is 0. The first-order chi connectivity index (χ1) is 12.2. The molecular weight excluding hydrogens is 312 g/mol. The highest BCUT2D eigenvalue weighted by Gasteiger charge is 2.06. The molecule has 0 aliphatic heterocycles. The molecule has 0 saturated carbocycles. The summed E-state index contributed by atoms with van der Waals surface area (Å²) in [4.78, 5) is 11.5. The molecule has 0 bridgehead atoms. The van der Waals surface area contributed by atoms with Crippen LogP contribution in [0.1, 0.15) is 104 Å². The lowest BCUT2D eigenvalue weighted by atomic mass is 10.1. The zero-order chi connectivity index (χ0) is 18.6. The fourth-order valence-corrected chi connectivity index (χ4v) is 2.70. The smallest absolute Gasteiger partial charge is 0.305 e. The molecule has 0 radical (unpaired) electrons. The van der Waals surface area contributed by atoms with Crippen LogP contribution in [0.15, 0.2) is 12.2 Å². The van der Waals surface area contributed by atoms with Crippen molar-refractivity contribution in [2.45, 2.75) is 104 Å². The number of carbonyl (C=O) groups is 1. The molecule has 3 heteroatoms. The third kappa shape index (κ3) is 19.3. The van der Waals surface area contributed by atoms with Crippen LogP contribution in [0, 0.1) is 5.92 Å². The van der Waals surface area contributed by atoms with Gasteiger partial charge in [0.2, 0.25) is 0 Å². The number of hydrogen-bond acceptors (Lipinski definition) is 3. The first-order valence-corrected chi connectivity index (χ1v) is 10.6. The van der Waals surface area contributed by atoms with Crippen LogP contribution in [0.2, 0.25) is 0 Å². The molecule has 0 spiro atoms. The van der Waals surface area contributed by atoms with Crippen LogP contribution in [-0.2, 0) is 9.53 Å². The lowest BCUT2D eigenvalue weighted by Gasteiger charge is -2.08. The van der Waals surface area contributed by atoms with Gasteiger partial charge in [-0.1, -0.05) is 77.4 Å². The number of aliphatic hydroxyl groups excluding tert-OH is 1. The van der Waals surface area contributed by atoms with Gasteiger partial charge in [0.15, 0.2) is 0 Å². The third-order valence-corrected chi connectivity index (χ3v) is 4.48. The van der Waals surface area contributed by atoms with Crippen molar-refractivity contribution >= 4 is 5.97 Å². The maximum Gasteiger partial charge on any atom is 0.305 e. The van der Waals surface area contributed by atoms with Crippen LogP contribution >= 0.6 is 0 Å². The standard InChI is InChI=1S/C22H42O3/c1-3-4-5-6-7-8-9-10-11-12-13-14-15-16-17-18-22(24)25-20-21(2)19-23/h10-11,21,23H,3-9,12-20H2,1-2H3. The van der Waals surface area contributed by atoms with E-state index < -0.39 is 0 Å². The van der Waals surface area contributed by atoms with Gasteiger partial charge in [-0.05, 0) is 32.1 Å². The number of ether oxygens (including phenoxy) is 1. The molecule has 0 aromatic heterocycles. The van der Waals surface area contributed by atoms with Gasteiger partial charge in [0.1, 0.15) is 0 Å². The quantitative estimate of drug-likeness (QED) is 0.181. The van der Waals surface area contributed by atoms with Gasteiger partial charge in [-0.3, -0.25) is 4.79 Å². The Morgan fingerprint density at radius 1 is 0.880 bits per heavy atom. The summed E-state index contributed by atoms with van der Waals surface area (Å²) in [6.07, 6.45) is 21.6. The first-order valence-electron chi connectivity index (χ1n) is 10.6. The van der Waals surface area contributed by atoms with Crippen molar-refractivity contribution in [3.8, 4) is 0 Å². The minimum absolute atomic E-state index is 0.0399. The van der Waals surface area contributed by atoms with Crippen molar-refractivity contribution < 1.29 is 14.6 Å². The van der Waals surface area contributed by atoms with Crippen LogP contribution in [0.4, 0.5) is 0 Å². The fourth-order valence-electron chi connectivity index (χ4n) is 2.70. The Balaban J connectivity index is 3.22. The average Bonchev–Trinajstić information content (AvgIpc) is 2.62. The highest BCUT2D eigenvalue weighted by molar-refractivity contribution is 5.69. The first kappa shape index (κ1) is 24.2. The Labute approximate surface area is 156 Å². The average molecular weight is 355 g/mol. The summed E-state index contributed by atoms with van der Waals surface area (Å²) in [5, 5.41) is 8.87. The van der Waals surface area contributed by atoms with E-state index in [4.69, 9.17) is 9.84 Å². The number of esters is 1. The summed E-state index contributed by atoms with van der Waals surface area (Å²) < 4.78 is 5.11. The number of rotatable bonds is 18. The molecule has 0 fully saturated rings. The van der Waals surface area contributed by atoms with Crippen LogP contribution < -0.4 is 0 Å². The van der Waals surface area contributed by atoms with Gasteiger partial charge in [0, 0.05) is 18.9 Å². The summed E-state index contributed by atoms with van der Waals surface area (Å²) in [6.45, 7) is 4.54. The van der Waals surface area contributed by atoms with Gasteiger partial charge < -0.3 is 9.84 Å². The largest absolute Gasteiger partial charge is 0.465 e. The van der Waals surface area contributed by atoms with E-state index in [1.807, 2.05) is 6.92 Å². The Hall–Kier alpha value is -0.830. The Kier molecular flexibility index (Phi) is 18.8. The van der Waals surface area contributed by atoms with Crippen LogP contribution in [0.25, 0.3) is 0 Å². The molecule has 0 rings (SSSR count). The molecule has 25 heavy (non-hydrogen) atoms. The van der Waals surface area contributed by atoms with Crippen molar-refractivity contribution in [1.82, 2.24) is 0 Å². The van der Waals surface area contributed by atoms with Crippen LogP contribution in [0.5, 0.6) is 0 Å². The van der Waals surface area contributed by atoms with E-state index in [9.17, 15) is 4.79 Å². The molecule has 3 nitrogen and oxygen atoms in total. The molecule has 148 valence electrons. The van der Waals surface area contributed by atoms with Crippen molar-refractivity contribution in [1.29, 1.82) is 0 Å². The predicted octanol–water partition coefficient (Wildman–Crippen LogP) is 6.20. The van der Waals surface area contributed by atoms with E-state index in [0.717, 1.165) is 12.8 Å². The van der Waals surface area contributed by atoms with E-state index in [1.54, 1.807) is 0 Å². The summed E-state index contributed by atoms with van der Waals surface area (Å²) in [6, 6.07) is 0. The maximum atomic E-state index is 11.5. The lowest BCUT2D eigenvalue weighted by Crippen LogP contribution is -2.14. The molecule has 0 amide bonds. The summed E-state index contributed by atoms with van der Waals surface area (Å²) >= 11 is 0. The highest BCUT2D eigenvalue weighted by Crippen LogP contribution is 2.10. The SMILES string of the molecule is CCCCCCCCC=CCCCCCCCC(=O)OCC(C)CO. The van der Waals surface area contributed by atoms with Crippen molar-refractivity contribution in [2.75, 3.05) is 13.2 Å². The second kappa shape index (κ2) is 19.5. The second-order valence-corrected chi connectivity index (χ2v) is 7.31. The molecule has 1 N–H and O–H groups in total. The molecule has 0 aliphatic rings. The van der Waals surface area contributed by atoms with E-state index in [-0.39, 0.29) is 18.5 Å². The molecule has 0 saturated heterocycles. The Morgan fingerprint density at radius 3 is 1.96 bits per heavy atom. The van der Waals surface area contributed by atoms with E-state index in [2.05, 4.69) is 19.1 Å². The maximum absolute atomic E-state index is 11.5. The summed E-state index contributed by atoms with van der Waals surface area (Å²) in [5.41, 5.74) is 0. The topological polar surface area (TPSA) is 46.5 Å². The van der Waals surface area contributed by atoms with E-state index in [0.29, 0.717) is 13.0 Å². The summed E-state index contributed by atoms with van der Waals surface area (Å²) in [5.74, 6) is -0.0870. The monoisotopic (exact) mass is 354 g/mol. The zero-order valence-corrected chi connectivity index (χ0v) is 16.8. The number of aliphatic hydroxyl groups is 1. The molecular formula is C22H42O3. The number of allylic oxidation sites excluding steroid dienone is 2. The van der Waals surface area contributed by atoms with Gasteiger partial charge in [-0.15, -0.1) is 0 Å². The van der Waals surface area contributed by atoms with Gasteiger partial charge in [0.25, 0.3) is 0 Å². The van der Waals surface area contributed by atoms with Crippen molar-refractivity contribution in [3.63, 3.8) is 0 Å². The molecule has 0 aromatic rings. The Morgan fingerprint density at radius 2 is 1.40 bits per heavy atom. The third-order valence-electron chi connectivity index (χ3n) is 4.48. The second-order valence-electron chi connectivity index (χ2n) is 7.31. The molecule has 0 aliphatic carbocycles. The van der Waals surface area contributed by atoms with Gasteiger partial charge in [-0.25, -0.2) is 0 Å². The van der Waals surface area contributed by atoms with Crippen LogP contribution in [0.3, 0.4) is 0 Å². The lowest BCUT2D eigenvalue weighted by molar-refractivity contribution is -0.145. The molecule has 1 atom stereocenters.